The monoisotopic (exact) mass is 1210 g/mol. The van der Waals surface area contributed by atoms with E-state index in [0.29, 0.717) is 40.0 Å². The number of nitrogens with zero attached hydrogens (tertiary/aromatic N) is 6. The number of pyridine rings is 2. The first-order valence-corrected chi connectivity index (χ1v) is 20.8. The summed E-state index contributed by atoms with van der Waals surface area (Å²) < 4.78 is 17.1. The van der Waals surface area contributed by atoms with E-state index in [4.69, 9.17) is 19.4 Å². The predicted molar refractivity (Wildman–Crippen MR) is 251 cm³/mol. The second-order valence-electron chi connectivity index (χ2n) is 15.2. The van der Waals surface area contributed by atoms with E-state index in [1.54, 1.807) is 12.4 Å². The molecular formula is C56H32N6O2Pt2. The molecule has 10 heteroatoms. The first-order valence-electron chi connectivity index (χ1n) is 20.8. The molecule has 0 N–H and O–H groups in total. The van der Waals surface area contributed by atoms with Crippen LogP contribution in [-0.2, 0) is 42.1 Å². The Hall–Kier alpha value is -7.50. The molecule has 0 radical (unpaired) electrons. The third kappa shape index (κ3) is 7.89. The molecule has 0 bridgehead atoms. The molecule has 7 aromatic carbocycles. The zero-order valence-electron chi connectivity index (χ0n) is 34.6. The molecule has 5 heterocycles. The number of hydrogen-bond donors (Lipinski definition) is 0. The van der Waals surface area contributed by atoms with Gasteiger partial charge < -0.3 is 28.6 Å². The molecule has 0 aliphatic heterocycles. The molecule has 0 unspecified atom stereocenters. The molecular weight excluding hydrogens is 1180 g/mol. The van der Waals surface area contributed by atoms with Crippen LogP contribution in [-0.4, -0.2) is 29.1 Å². The number of benzene rings is 7. The summed E-state index contributed by atoms with van der Waals surface area (Å²) >= 11 is 0. The molecule has 0 saturated carbocycles. The van der Waals surface area contributed by atoms with Gasteiger partial charge in [0, 0.05) is 69.8 Å². The number of fused-ring (bicyclic) bond motifs is 6. The van der Waals surface area contributed by atoms with Crippen molar-refractivity contribution in [3.63, 3.8) is 0 Å². The second kappa shape index (κ2) is 18.2. The molecule has 0 amide bonds. The van der Waals surface area contributed by atoms with Crippen LogP contribution in [0.3, 0.4) is 0 Å². The van der Waals surface area contributed by atoms with Crippen LogP contribution in [0.15, 0.2) is 195 Å². The largest absolute Gasteiger partial charge is 2.00 e. The maximum atomic E-state index is 6.41. The first-order chi connectivity index (χ1) is 31.7. The van der Waals surface area contributed by atoms with Crippen LogP contribution < -0.4 is 9.47 Å². The van der Waals surface area contributed by atoms with Gasteiger partial charge in [0.05, 0.1) is 11.0 Å². The van der Waals surface area contributed by atoms with Gasteiger partial charge in [-0.2, -0.15) is 22.9 Å². The van der Waals surface area contributed by atoms with Crippen LogP contribution in [0, 0.1) is 24.3 Å². The molecule has 5 aromatic heterocycles. The Morgan fingerprint density at radius 1 is 0.364 bits per heavy atom. The smallest absolute Gasteiger partial charge is 0.503 e. The van der Waals surface area contributed by atoms with Gasteiger partial charge in [-0.3, -0.25) is 0 Å². The van der Waals surface area contributed by atoms with Gasteiger partial charge in [-0.25, -0.2) is 9.97 Å². The Morgan fingerprint density at radius 3 is 1.35 bits per heavy atom. The van der Waals surface area contributed by atoms with Gasteiger partial charge >= 0.3 is 42.1 Å². The van der Waals surface area contributed by atoms with E-state index in [1.807, 2.05) is 114 Å². The van der Waals surface area contributed by atoms with Crippen molar-refractivity contribution in [3.8, 4) is 68.3 Å². The summed E-state index contributed by atoms with van der Waals surface area (Å²) in [6, 6.07) is 70.3. The standard InChI is InChI=1S/C56H32N6O2.2Pt/c1-3-19-52-46(15-1)47-16-2-4-20-53(47)61(52)41-23-21-37(22-24-41)40-35-59-56(60-36-40)62-54-33-44(63-42-13-9-11-38(31-42)50-17-5-7-29-57-50)25-27-48(54)49-28-26-45(34-55(49)62)64-43-14-10-12-39(32-43)51-18-6-8-30-58-51;;/h1-30,35-36H;;/q-4;2*+2. The van der Waals surface area contributed by atoms with Crippen molar-refractivity contribution in [1.82, 2.24) is 29.1 Å². The van der Waals surface area contributed by atoms with Crippen LogP contribution in [0.2, 0.25) is 0 Å². The van der Waals surface area contributed by atoms with E-state index in [-0.39, 0.29) is 42.1 Å². The van der Waals surface area contributed by atoms with Crippen molar-refractivity contribution in [2.24, 2.45) is 0 Å². The van der Waals surface area contributed by atoms with Gasteiger partial charge in [0.2, 0.25) is 5.95 Å². The summed E-state index contributed by atoms with van der Waals surface area (Å²) in [5, 5.41) is 4.30. The SMILES string of the molecule is [Pt+2].[Pt+2].[c-]1c(Oc2[c-]c3c(cc2)c2ccc(Oc4[c-]c(-c5ccccn5)ccc4)[c-]c2n3-c2ncc(-c3ccc(-n4c5ccccc5c5ccccc54)cc3)cn2)cccc1-c1ccccn1. The van der Waals surface area contributed by atoms with Crippen LogP contribution in [0.1, 0.15) is 0 Å². The molecule has 8 nitrogen and oxygen atoms in total. The van der Waals surface area contributed by atoms with Crippen molar-refractivity contribution in [1.29, 1.82) is 0 Å². The Labute approximate surface area is 408 Å². The molecule has 0 aliphatic carbocycles. The third-order valence-corrected chi connectivity index (χ3v) is 11.3. The molecule has 12 aromatic rings. The van der Waals surface area contributed by atoms with Gasteiger partial charge in [-0.1, -0.05) is 96.0 Å². The van der Waals surface area contributed by atoms with Crippen LogP contribution in [0.25, 0.3) is 88.9 Å². The minimum absolute atomic E-state index is 0. The quantitative estimate of drug-likeness (QED) is 0.134. The van der Waals surface area contributed by atoms with Crippen molar-refractivity contribution in [2.45, 2.75) is 0 Å². The summed E-state index contributed by atoms with van der Waals surface area (Å²) in [6.07, 6.45) is 7.24. The minimum Gasteiger partial charge on any atom is -0.503 e. The van der Waals surface area contributed by atoms with Gasteiger partial charge in [0.1, 0.15) is 0 Å². The van der Waals surface area contributed by atoms with Crippen molar-refractivity contribution in [3.05, 3.63) is 219 Å². The molecule has 0 fully saturated rings. The van der Waals surface area contributed by atoms with Crippen molar-refractivity contribution >= 4 is 43.6 Å². The van der Waals surface area contributed by atoms with Crippen LogP contribution in [0.4, 0.5) is 0 Å². The summed E-state index contributed by atoms with van der Waals surface area (Å²) in [7, 11) is 0. The van der Waals surface area contributed by atoms with E-state index < -0.39 is 0 Å². The topological polar surface area (TPSA) is 79.9 Å². The van der Waals surface area contributed by atoms with Gasteiger partial charge in [-0.05, 0) is 53.3 Å². The fraction of sp³-hybridized carbons (Fsp3) is 0. The molecule has 318 valence electrons. The minimum atomic E-state index is 0. The predicted octanol–water partition coefficient (Wildman–Crippen LogP) is 13.2. The zero-order chi connectivity index (χ0) is 42.4. The summed E-state index contributed by atoms with van der Waals surface area (Å²) in [5.74, 6) is 2.53. The van der Waals surface area contributed by atoms with E-state index in [1.165, 1.54) is 21.8 Å². The fourth-order valence-electron chi connectivity index (χ4n) is 8.33. The van der Waals surface area contributed by atoms with Crippen molar-refractivity contribution < 1.29 is 51.6 Å². The molecule has 0 aliphatic rings. The number of ether oxygens (including phenoxy) is 2. The fourth-order valence-corrected chi connectivity index (χ4v) is 8.33. The Bertz CT molecular complexity index is 3480. The Balaban J connectivity index is 0.00000256. The van der Waals surface area contributed by atoms with Crippen molar-refractivity contribution in [2.75, 3.05) is 0 Å². The second-order valence-corrected chi connectivity index (χ2v) is 15.2. The molecule has 0 spiro atoms. The van der Waals surface area contributed by atoms with Gasteiger partial charge in [-0.15, -0.1) is 71.8 Å². The van der Waals surface area contributed by atoms with E-state index in [0.717, 1.165) is 50.1 Å². The number of rotatable bonds is 9. The van der Waals surface area contributed by atoms with Crippen LogP contribution >= 0.6 is 0 Å². The summed E-state index contributed by atoms with van der Waals surface area (Å²) in [5.41, 5.74) is 9.99. The number of para-hydroxylation sites is 2. The Kier molecular flexibility index (Phi) is 11.7. The number of hydrogen-bond acceptors (Lipinski definition) is 6. The van der Waals surface area contributed by atoms with Crippen LogP contribution in [0.5, 0.6) is 23.0 Å². The average Bonchev–Trinajstić information content (AvgIpc) is 3.87. The maximum absolute atomic E-state index is 6.41. The molecule has 12 rings (SSSR count). The van der Waals surface area contributed by atoms with Gasteiger partial charge in [0.15, 0.2) is 0 Å². The number of aromatic nitrogens is 6. The molecule has 0 atom stereocenters. The normalized spacial score (nSPS) is 11.1. The third-order valence-electron chi connectivity index (χ3n) is 11.3. The van der Waals surface area contributed by atoms with E-state index in [2.05, 4.69) is 112 Å². The van der Waals surface area contributed by atoms with E-state index in [9.17, 15) is 0 Å². The molecule has 0 saturated heterocycles. The maximum Gasteiger partial charge on any atom is 2.00 e. The summed E-state index contributed by atoms with van der Waals surface area (Å²) in [6.45, 7) is 0. The molecule has 66 heavy (non-hydrogen) atoms. The van der Waals surface area contributed by atoms with Gasteiger partial charge in [0.25, 0.3) is 0 Å². The van der Waals surface area contributed by atoms with E-state index >= 15 is 0 Å². The Morgan fingerprint density at radius 2 is 0.848 bits per heavy atom. The summed E-state index contributed by atoms with van der Waals surface area (Å²) in [4.78, 5) is 18.9. The zero-order valence-corrected chi connectivity index (χ0v) is 39.2. The average molecular weight is 1210 g/mol. The first kappa shape index (κ1) is 42.4.